The van der Waals surface area contributed by atoms with E-state index in [2.05, 4.69) is 21.2 Å². The van der Waals surface area contributed by atoms with Gasteiger partial charge in [0.1, 0.15) is 17.8 Å². The van der Waals surface area contributed by atoms with Crippen LogP contribution >= 0.6 is 15.9 Å². The van der Waals surface area contributed by atoms with Crippen molar-refractivity contribution in [3.8, 4) is 5.75 Å². The zero-order valence-corrected chi connectivity index (χ0v) is 14.1. The van der Waals surface area contributed by atoms with E-state index in [4.69, 9.17) is 4.74 Å². The summed E-state index contributed by atoms with van der Waals surface area (Å²) in [7, 11) is 1.55. The van der Waals surface area contributed by atoms with Crippen molar-refractivity contribution >= 4 is 33.4 Å². The Balaban J connectivity index is 2.58. The average Bonchev–Trinajstić information content (AvgIpc) is 2.42. The molecule has 2 rings (SSSR count). The summed E-state index contributed by atoms with van der Waals surface area (Å²) in [4.78, 5) is 26.5. The number of nitrogens with zero attached hydrogens (tertiary/aromatic N) is 1. The lowest BCUT2D eigenvalue weighted by Gasteiger charge is -2.40. The van der Waals surface area contributed by atoms with Crippen LogP contribution in [0.5, 0.6) is 5.75 Å². The zero-order valence-electron chi connectivity index (χ0n) is 12.5. The Morgan fingerprint density at radius 1 is 1.33 bits per heavy atom. The molecule has 1 fully saturated rings. The first-order valence-electron chi connectivity index (χ1n) is 6.83. The molecule has 21 heavy (non-hydrogen) atoms. The monoisotopic (exact) mass is 354 g/mol. The minimum atomic E-state index is -0.545. The van der Waals surface area contributed by atoms with Crippen molar-refractivity contribution in [2.75, 3.05) is 12.0 Å². The van der Waals surface area contributed by atoms with Gasteiger partial charge in [0.15, 0.2) is 0 Å². The maximum atomic E-state index is 12.6. The molecule has 0 aliphatic carbocycles. The van der Waals surface area contributed by atoms with Crippen molar-refractivity contribution in [3.63, 3.8) is 0 Å². The number of benzene rings is 1. The molecule has 114 valence electrons. The summed E-state index contributed by atoms with van der Waals surface area (Å²) in [5, 5.41) is 2.73. The number of piperazine rings is 1. The molecule has 1 heterocycles. The SMILES string of the molecule is COc1ccc(Br)cc1N1C(=O)C(C)NC(=O)C1C(C)C. The molecule has 5 nitrogen and oxygen atoms in total. The van der Waals surface area contributed by atoms with E-state index in [9.17, 15) is 9.59 Å². The molecule has 1 aliphatic heterocycles. The highest BCUT2D eigenvalue weighted by Gasteiger charge is 2.42. The molecule has 6 heteroatoms. The van der Waals surface area contributed by atoms with E-state index in [-0.39, 0.29) is 17.7 Å². The van der Waals surface area contributed by atoms with Gasteiger partial charge in [-0.2, -0.15) is 0 Å². The predicted molar refractivity (Wildman–Crippen MR) is 84.4 cm³/mol. The first-order valence-corrected chi connectivity index (χ1v) is 7.63. The summed E-state index contributed by atoms with van der Waals surface area (Å²) in [6.07, 6.45) is 0. The van der Waals surface area contributed by atoms with Gasteiger partial charge in [0.25, 0.3) is 0 Å². The van der Waals surface area contributed by atoms with Gasteiger partial charge >= 0.3 is 0 Å². The standard InChI is InChI=1S/C15H19BrN2O3/c1-8(2)13-14(19)17-9(3)15(20)18(13)11-7-10(16)5-6-12(11)21-4/h5-9,13H,1-4H3,(H,17,19). The molecule has 2 unspecified atom stereocenters. The highest BCUT2D eigenvalue weighted by atomic mass is 79.9. The molecule has 0 saturated carbocycles. The van der Waals surface area contributed by atoms with Crippen LogP contribution in [-0.4, -0.2) is 31.0 Å². The molecular weight excluding hydrogens is 336 g/mol. The molecule has 1 aromatic rings. The van der Waals surface area contributed by atoms with E-state index in [1.165, 1.54) is 0 Å². The van der Waals surface area contributed by atoms with Crippen molar-refractivity contribution in [3.05, 3.63) is 22.7 Å². The highest BCUT2D eigenvalue weighted by molar-refractivity contribution is 9.10. The van der Waals surface area contributed by atoms with Gasteiger partial charge in [-0.15, -0.1) is 0 Å². The van der Waals surface area contributed by atoms with Gasteiger partial charge < -0.3 is 10.1 Å². The number of amides is 2. The van der Waals surface area contributed by atoms with Crippen LogP contribution in [0.1, 0.15) is 20.8 Å². The third-order valence-electron chi connectivity index (χ3n) is 3.55. The molecule has 0 aromatic heterocycles. The van der Waals surface area contributed by atoms with Gasteiger partial charge in [-0.3, -0.25) is 14.5 Å². The fourth-order valence-electron chi connectivity index (χ4n) is 2.54. The third-order valence-corrected chi connectivity index (χ3v) is 4.04. The molecule has 1 aromatic carbocycles. The topological polar surface area (TPSA) is 58.6 Å². The molecule has 2 atom stereocenters. The lowest BCUT2D eigenvalue weighted by atomic mass is 9.96. The normalized spacial score (nSPS) is 22.5. The lowest BCUT2D eigenvalue weighted by Crippen LogP contribution is -2.64. The van der Waals surface area contributed by atoms with Gasteiger partial charge in [0.2, 0.25) is 11.8 Å². The summed E-state index contributed by atoms with van der Waals surface area (Å²) in [6, 6.07) is 4.33. The van der Waals surface area contributed by atoms with Crippen LogP contribution in [0.25, 0.3) is 0 Å². The van der Waals surface area contributed by atoms with Crippen LogP contribution in [0.4, 0.5) is 5.69 Å². The molecule has 0 bridgehead atoms. The number of carbonyl (C=O) groups excluding carboxylic acids is 2. The number of anilines is 1. The maximum Gasteiger partial charge on any atom is 0.250 e. The van der Waals surface area contributed by atoms with E-state index in [0.717, 1.165) is 4.47 Å². The summed E-state index contributed by atoms with van der Waals surface area (Å²) in [5.41, 5.74) is 0.609. The van der Waals surface area contributed by atoms with Crippen molar-refractivity contribution in [2.24, 2.45) is 5.92 Å². The van der Waals surface area contributed by atoms with E-state index < -0.39 is 12.1 Å². The smallest absolute Gasteiger partial charge is 0.250 e. The molecule has 1 N–H and O–H groups in total. The first kappa shape index (κ1) is 15.8. The molecular formula is C15H19BrN2O3. The first-order chi connectivity index (χ1) is 9.86. The van der Waals surface area contributed by atoms with E-state index in [1.807, 2.05) is 19.9 Å². The van der Waals surface area contributed by atoms with Crippen LogP contribution in [0.3, 0.4) is 0 Å². The van der Waals surface area contributed by atoms with Crippen LogP contribution in [0.2, 0.25) is 0 Å². The molecule has 0 spiro atoms. The summed E-state index contributed by atoms with van der Waals surface area (Å²) < 4.78 is 6.18. The fourth-order valence-corrected chi connectivity index (χ4v) is 2.89. The number of nitrogens with one attached hydrogen (secondary N) is 1. The van der Waals surface area contributed by atoms with Crippen LogP contribution in [0.15, 0.2) is 22.7 Å². The average molecular weight is 355 g/mol. The Morgan fingerprint density at radius 2 is 2.00 bits per heavy atom. The zero-order chi connectivity index (χ0) is 15.7. The number of halogens is 1. The van der Waals surface area contributed by atoms with Gasteiger partial charge in [0, 0.05) is 4.47 Å². The van der Waals surface area contributed by atoms with Crippen LogP contribution in [-0.2, 0) is 9.59 Å². The molecule has 0 radical (unpaired) electrons. The Bertz CT molecular complexity index is 574. The lowest BCUT2D eigenvalue weighted by molar-refractivity contribution is -0.134. The van der Waals surface area contributed by atoms with Crippen molar-refractivity contribution in [1.29, 1.82) is 0 Å². The van der Waals surface area contributed by atoms with Gasteiger partial charge in [-0.25, -0.2) is 0 Å². The Hall–Kier alpha value is -1.56. The second-order valence-corrected chi connectivity index (χ2v) is 6.36. The maximum absolute atomic E-state index is 12.6. The van der Waals surface area contributed by atoms with Gasteiger partial charge in [-0.05, 0) is 31.0 Å². The van der Waals surface area contributed by atoms with Crippen molar-refractivity contribution in [1.82, 2.24) is 5.32 Å². The van der Waals surface area contributed by atoms with E-state index >= 15 is 0 Å². The minimum absolute atomic E-state index is 0.00913. The largest absolute Gasteiger partial charge is 0.495 e. The number of methoxy groups -OCH3 is 1. The number of hydrogen-bond acceptors (Lipinski definition) is 3. The molecule has 1 aliphatic rings. The minimum Gasteiger partial charge on any atom is -0.495 e. The number of rotatable bonds is 3. The van der Waals surface area contributed by atoms with E-state index in [1.54, 1.807) is 31.1 Å². The fraction of sp³-hybridized carbons (Fsp3) is 0.467. The predicted octanol–water partition coefficient (Wildman–Crippen LogP) is 2.33. The highest BCUT2D eigenvalue weighted by Crippen LogP contribution is 2.35. The van der Waals surface area contributed by atoms with Gasteiger partial charge in [0.05, 0.1) is 12.8 Å². The molecule has 1 saturated heterocycles. The Kier molecular flexibility index (Phi) is 4.56. The number of hydrogen-bond donors (Lipinski definition) is 1. The van der Waals surface area contributed by atoms with Crippen molar-refractivity contribution < 1.29 is 14.3 Å². The van der Waals surface area contributed by atoms with E-state index in [0.29, 0.717) is 11.4 Å². The van der Waals surface area contributed by atoms with Crippen molar-refractivity contribution in [2.45, 2.75) is 32.9 Å². The third kappa shape index (κ3) is 2.90. The summed E-state index contributed by atoms with van der Waals surface area (Å²) in [5.74, 6) is 0.285. The number of carbonyl (C=O) groups is 2. The second-order valence-electron chi connectivity index (χ2n) is 5.44. The second kappa shape index (κ2) is 6.05. The quantitative estimate of drug-likeness (QED) is 0.906. The summed E-state index contributed by atoms with van der Waals surface area (Å²) >= 11 is 3.41. The molecule has 2 amide bonds. The number of ether oxygens (including phenoxy) is 1. The van der Waals surface area contributed by atoms with Gasteiger partial charge in [-0.1, -0.05) is 29.8 Å². The Labute approximate surface area is 132 Å². The Morgan fingerprint density at radius 3 is 2.57 bits per heavy atom. The van der Waals surface area contributed by atoms with Crippen LogP contribution in [0, 0.1) is 5.92 Å². The summed E-state index contributed by atoms with van der Waals surface area (Å²) in [6.45, 7) is 5.53. The van der Waals surface area contributed by atoms with Crippen LogP contribution < -0.4 is 15.0 Å².